The standard InChI is InChI=1S/C35H49N3O7/c1-25-31(23-38-18-15-35(16-19-38)42-20-21-43-35)44-34(45-33(25)29-11-9-28(24-39)10-12-29)30-13-7-27(8-14-30)22-37-32(41)6-4-3-5-17-36-26(2)40/h7-14,25,31,33-34,39H,3-6,15-24H2,1-2H3,(H,36,40)(H,37,41). The van der Waals surface area contributed by atoms with Gasteiger partial charge in [0.15, 0.2) is 12.1 Å². The maximum Gasteiger partial charge on any atom is 0.220 e. The van der Waals surface area contributed by atoms with Crippen LogP contribution in [0.1, 0.15) is 87.0 Å². The lowest BCUT2D eigenvalue weighted by atomic mass is 9.89. The van der Waals surface area contributed by atoms with Crippen molar-refractivity contribution in [1.82, 2.24) is 15.5 Å². The number of ether oxygens (including phenoxy) is 4. The number of hydrogen-bond acceptors (Lipinski definition) is 8. The van der Waals surface area contributed by atoms with Gasteiger partial charge in [0.05, 0.1) is 32.0 Å². The summed E-state index contributed by atoms with van der Waals surface area (Å²) in [7, 11) is 0. The summed E-state index contributed by atoms with van der Waals surface area (Å²) < 4.78 is 25.2. The first-order chi connectivity index (χ1) is 21.8. The number of unbranched alkanes of at least 4 members (excludes halogenated alkanes) is 2. The van der Waals surface area contributed by atoms with Crippen LogP contribution in [0.15, 0.2) is 48.5 Å². The van der Waals surface area contributed by atoms with Gasteiger partial charge in [0.1, 0.15) is 0 Å². The van der Waals surface area contributed by atoms with Crippen molar-refractivity contribution in [1.29, 1.82) is 0 Å². The minimum Gasteiger partial charge on any atom is -0.392 e. The van der Waals surface area contributed by atoms with E-state index in [0.717, 1.165) is 74.0 Å². The molecule has 0 bridgehead atoms. The molecule has 5 rings (SSSR count). The van der Waals surface area contributed by atoms with Gasteiger partial charge in [-0.15, -0.1) is 0 Å². The van der Waals surface area contributed by atoms with Gasteiger partial charge in [-0.05, 0) is 29.5 Å². The molecule has 2 amide bonds. The van der Waals surface area contributed by atoms with E-state index in [1.165, 1.54) is 6.92 Å². The molecule has 3 aliphatic rings. The van der Waals surface area contributed by atoms with Gasteiger partial charge in [-0.3, -0.25) is 9.59 Å². The smallest absolute Gasteiger partial charge is 0.220 e. The summed E-state index contributed by atoms with van der Waals surface area (Å²) in [6.07, 6.45) is 4.00. The van der Waals surface area contributed by atoms with Crippen molar-refractivity contribution in [2.24, 2.45) is 5.92 Å². The highest BCUT2D eigenvalue weighted by Gasteiger charge is 2.43. The first kappa shape index (κ1) is 33.5. The molecule has 3 N–H and O–H groups in total. The van der Waals surface area contributed by atoms with E-state index in [1.54, 1.807) is 0 Å². The summed E-state index contributed by atoms with van der Waals surface area (Å²) in [5.74, 6) is -0.298. The van der Waals surface area contributed by atoms with Crippen LogP contribution in [0.4, 0.5) is 0 Å². The molecule has 0 aliphatic carbocycles. The summed E-state index contributed by atoms with van der Waals surface area (Å²) in [5, 5.41) is 15.3. The molecule has 246 valence electrons. The normalized spacial score (nSPS) is 24.9. The number of piperidine rings is 1. The molecule has 45 heavy (non-hydrogen) atoms. The van der Waals surface area contributed by atoms with Crippen molar-refractivity contribution in [2.45, 2.75) is 89.8 Å². The largest absolute Gasteiger partial charge is 0.392 e. The zero-order valence-electron chi connectivity index (χ0n) is 26.7. The van der Waals surface area contributed by atoms with Crippen molar-refractivity contribution >= 4 is 11.8 Å². The zero-order chi connectivity index (χ0) is 31.6. The summed E-state index contributed by atoms with van der Waals surface area (Å²) >= 11 is 0. The number of hydrogen-bond donors (Lipinski definition) is 3. The lowest BCUT2D eigenvalue weighted by molar-refractivity contribution is -0.278. The Morgan fingerprint density at radius 3 is 2.22 bits per heavy atom. The molecule has 10 heteroatoms. The third kappa shape index (κ3) is 9.34. The number of carbonyl (C=O) groups excluding carboxylic acids is 2. The molecule has 2 aromatic rings. The second kappa shape index (κ2) is 16.1. The van der Waals surface area contributed by atoms with Crippen molar-refractivity contribution in [3.63, 3.8) is 0 Å². The summed E-state index contributed by atoms with van der Waals surface area (Å²) in [4.78, 5) is 25.7. The molecule has 0 radical (unpaired) electrons. The van der Waals surface area contributed by atoms with Crippen LogP contribution in [0.2, 0.25) is 0 Å². The third-order valence-corrected chi connectivity index (χ3v) is 9.19. The van der Waals surface area contributed by atoms with E-state index < -0.39 is 12.1 Å². The first-order valence-corrected chi connectivity index (χ1v) is 16.4. The highest BCUT2D eigenvalue weighted by Crippen LogP contribution is 2.42. The van der Waals surface area contributed by atoms with E-state index in [-0.39, 0.29) is 36.5 Å². The van der Waals surface area contributed by atoms with Crippen molar-refractivity contribution in [2.75, 3.05) is 39.4 Å². The molecular formula is C35H49N3O7. The number of aliphatic hydroxyl groups is 1. The lowest BCUT2D eigenvalue weighted by Gasteiger charge is -2.44. The van der Waals surface area contributed by atoms with E-state index >= 15 is 0 Å². The summed E-state index contributed by atoms with van der Waals surface area (Å²) in [6, 6.07) is 16.1. The van der Waals surface area contributed by atoms with Gasteiger partial charge >= 0.3 is 0 Å². The number of nitrogens with zero attached hydrogens (tertiary/aromatic N) is 1. The average Bonchev–Trinajstić information content (AvgIpc) is 3.52. The SMILES string of the molecule is CC(=O)NCCCCCC(=O)NCc1ccc(C2OC(CN3CCC4(CC3)OCCO4)C(C)C(c3ccc(CO)cc3)O2)cc1. The molecular weight excluding hydrogens is 574 g/mol. The Kier molecular flexibility index (Phi) is 12.0. The molecule has 3 aliphatic heterocycles. The molecule has 3 heterocycles. The fourth-order valence-electron chi connectivity index (χ4n) is 6.38. The zero-order valence-corrected chi connectivity index (χ0v) is 26.7. The summed E-state index contributed by atoms with van der Waals surface area (Å²) in [5.41, 5.74) is 3.88. The van der Waals surface area contributed by atoms with E-state index in [9.17, 15) is 14.7 Å². The van der Waals surface area contributed by atoms with Gasteiger partial charge in [-0.25, -0.2) is 0 Å². The molecule has 3 fully saturated rings. The minimum atomic E-state index is -0.535. The number of likely N-dealkylation sites (tertiary alicyclic amines) is 1. The minimum absolute atomic E-state index is 0.00629. The van der Waals surface area contributed by atoms with E-state index in [1.807, 2.05) is 48.5 Å². The number of amides is 2. The Morgan fingerprint density at radius 1 is 0.889 bits per heavy atom. The molecule has 10 nitrogen and oxygen atoms in total. The van der Waals surface area contributed by atoms with Gasteiger partial charge in [0.25, 0.3) is 0 Å². The molecule has 3 saturated heterocycles. The van der Waals surface area contributed by atoms with Gasteiger partial charge in [-0.1, -0.05) is 61.9 Å². The number of aliphatic hydroxyl groups excluding tert-OH is 1. The van der Waals surface area contributed by atoms with E-state index in [2.05, 4.69) is 22.5 Å². The Labute approximate surface area is 266 Å². The van der Waals surface area contributed by atoms with E-state index in [4.69, 9.17) is 18.9 Å². The predicted octanol–water partition coefficient (Wildman–Crippen LogP) is 4.12. The molecule has 0 saturated carbocycles. The Hall–Kier alpha value is -2.86. The van der Waals surface area contributed by atoms with Crippen LogP contribution in [0.25, 0.3) is 0 Å². The number of rotatable bonds is 13. The van der Waals surface area contributed by atoms with Crippen LogP contribution in [-0.4, -0.2) is 73.1 Å². The maximum atomic E-state index is 12.3. The van der Waals surface area contributed by atoms with Crippen LogP contribution in [0.3, 0.4) is 0 Å². The third-order valence-electron chi connectivity index (χ3n) is 9.19. The van der Waals surface area contributed by atoms with E-state index in [0.29, 0.717) is 32.7 Å². The molecule has 4 atom stereocenters. The molecule has 4 unspecified atom stereocenters. The molecule has 1 spiro atoms. The fraction of sp³-hybridized carbons (Fsp3) is 0.600. The quantitative estimate of drug-likeness (QED) is 0.285. The van der Waals surface area contributed by atoms with Gasteiger partial charge in [0, 0.05) is 70.4 Å². The summed E-state index contributed by atoms with van der Waals surface area (Å²) in [6.45, 7) is 8.74. The highest BCUT2D eigenvalue weighted by atomic mass is 16.7. The monoisotopic (exact) mass is 623 g/mol. The van der Waals surface area contributed by atoms with Crippen LogP contribution >= 0.6 is 0 Å². The van der Waals surface area contributed by atoms with Gasteiger partial charge in [0.2, 0.25) is 11.8 Å². The average molecular weight is 624 g/mol. The van der Waals surface area contributed by atoms with Crippen molar-refractivity contribution < 1.29 is 33.6 Å². The number of benzene rings is 2. The van der Waals surface area contributed by atoms with Crippen LogP contribution < -0.4 is 10.6 Å². The second-order valence-corrected chi connectivity index (χ2v) is 12.5. The number of carbonyl (C=O) groups is 2. The van der Waals surface area contributed by atoms with Gasteiger partial charge in [-0.2, -0.15) is 0 Å². The Bertz CT molecular complexity index is 1220. The van der Waals surface area contributed by atoms with Crippen molar-refractivity contribution in [3.05, 3.63) is 70.8 Å². The lowest BCUT2D eigenvalue weighted by Crippen LogP contribution is -2.50. The Morgan fingerprint density at radius 2 is 1.56 bits per heavy atom. The highest BCUT2D eigenvalue weighted by molar-refractivity contribution is 5.75. The van der Waals surface area contributed by atoms with Crippen LogP contribution in [-0.2, 0) is 41.7 Å². The van der Waals surface area contributed by atoms with Crippen LogP contribution in [0, 0.1) is 5.92 Å². The topological polar surface area (TPSA) is 119 Å². The molecule has 2 aromatic carbocycles. The van der Waals surface area contributed by atoms with Crippen LogP contribution in [0.5, 0.6) is 0 Å². The maximum absolute atomic E-state index is 12.3. The van der Waals surface area contributed by atoms with Gasteiger partial charge < -0.3 is 39.6 Å². The Balaban J connectivity index is 1.18. The predicted molar refractivity (Wildman–Crippen MR) is 169 cm³/mol. The van der Waals surface area contributed by atoms with Crippen molar-refractivity contribution in [3.8, 4) is 0 Å². The second-order valence-electron chi connectivity index (χ2n) is 12.5. The molecule has 0 aromatic heterocycles. The number of nitrogens with one attached hydrogen (secondary N) is 2. The fourth-order valence-corrected chi connectivity index (χ4v) is 6.38. The first-order valence-electron chi connectivity index (χ1n) is 16.4.